The summed E-state index contributed by atoms with van der Waals surface area (Å²) in [4.78, 5) is 35.6. The summed E-state index contributed by atoms with van der Waals surface area (Å²) in [7, 11) is 2.70. The number of nitro benzene ring substituents is 1. The number of methoxy groups -OCH3 is 2. The van der Waals surface area contributed by atoms with Gasteiger partial charge in [-0.3, -0.25) is 19.8 Å². The van der Waals surface area contributed by atoms with Crippen molar-refractivity contribution in [3.8, 4) is 11.5 Å². The molecule has 2 rings (SSSR count). The van der Waals surface area contributed by atoms with E-state index in [2.05, 4.69) is 5.32 Å². The zero-order valence-electron chi connectivity index (χ0n) is 13.5. The van der Waals surface area contributed by atoms with E-state index in [0.29, 0.717) is 13.0 Å². The first-order valence-corrected chi connectivity index (χ1v) is 7.17. The van der Waals surface area contributed by atoms with Gasteiger partial charge in [0.15, 0.2) is 0 Å². The smallest absolute Gasteiger partial charge is 0.329 e. The molecular formula is C15H17N3O6. The summed E-state index contributed by atoms with van der Waals surface area (Å²) in [6.45, 7) is 2.14. The van der Waals surface area contributed by atoms with E-state index in [-0.39, 0.29) is 28.4 Å². The molecule has 1 N–H and O–H groups in total. The molecule has 0 unspecified atom stereocenters. The summed E-state index contributed by atoms with van der Waals surface area (Å²) in [5, 5.41) is 13.6. The number of nitrogens with zero attached hydrogens (tertiary/aromatic N) is 2. The number of amides is 3. The van der Waals surface area contributed by atoms with Crippen molar-refractivity contribution in [2.45, 2.75) is 13.3 Å². The van der Waals surface area contributed by atoms with Gasteiger partial charge in [-0.1, -0.05) is 6.92 Å². The van der Waals surface area contributed by atoms with E-state index in [0.717, 1.165) is 4.90 Å². The van der Waals surface area contributed by atoms with Gasteiger partial charge in [0.1, 0.15) is 11.4 Å². The predicted molar refractivity (Wildman–Crippen MR) is 84.7 cm³/mol. The van der Waals surface area contributed by atoms with Gasteiger partial charge in [0, 0.05) is 24.2 Å². The quantitative estimate of drug-likeness (QED) is 0.368. The Kier molecular flexibility index (Phi) is 5.02. The molecular weight excluding hydrogens is 318 g/mol. The van der Waals surface area contributed by atoms with E-state index in [4.69, 9.17) is 9.47 Å². The maximum atomic E-state index is 12.2. The second kappa shape index (κ2) is 6.99. The van der Waals surface area contributed by atoms with Crippen LogP contribution in [0.15, 0.2) is 17.8 Å². The third-order valence-electron chi connectivity index (χ3n) is 3.44. The third kappa shape index (κ3) is 3.14. The second-order valence-corrected chi connectivity index (χ2v) is 4.97. The molecule has 1 aromatic rings. The van der Waals surface area contributed by atoms with Gasteiger partial charge in [0.2, 0.25) is 5.75 Å². The van der Waals surface area contributed by atoms with E-state index in [1.807, 2.05) is 6.92 Å². The van der Waals surface area contributed by atoms with Gasteiger partial charge >= 0.3 is 11.7 Å². The summed E-state index contributed by atoms with van der Waals surface area (Å²) < 4.78 is 10.2. The highest BCUT2D eigenvalue weighted by Gasteiger charge is 2.33. The van der Waals surface area contributed by atoms with Gasteiger partial charge < -0.3 is 14.8 Å². The summed E-state index contributed by atoms with van der Waals surface area (Å²) >= 11 is 0. The maximum Gasteiger partial charge on any atom is 0.329 e. The maximum absolute atomic E-state index is 12.2. The van der Waals surface area contributed by atoms with Gasteiger partial charge in [-0.25, -0.2) is 4.79 Å². The Bertz CT molecular complexity index is 728. The highest BCUT2D eigenvalue weighted by atomic mass is 16.6. The van der Waals surface area contributed by atoms with Crippen LogP contribution in [0.4, 0.5) is 10.5 Å². The molecule has 0 aromatic heterocycles. The number of urea groups is 1. The average molecular weight is 335 g/mol. The van der Waals surface area contributed by atoms with E-state index in [9.17, 15) is 19.7 Å². The minimum Gasteiger partial charge on any atom is -0.496 e. The zero-order chi connectivity index (χ0) is 17.9. The first-order chi connectivity index (χ1) is 11.4. The predicted octanol–water partition coefficient (Wildman–Crippen LogP) is 1.91. The molecule has 0 aliphatic carbocycles. The van der Waals surface area contributed by atoms with E-state index in [1.54, 1.807) is 0 Å². The Labute approximate surface area is 138 Å². The number of carbonyl (C=O) groups excluding carboxylic acids is 2. The molecule has 1 aliphatic rings. The topological polar surface area (TPSA) is 111 Å². The molecule has 24 heavy (non-hydrogen) atoms. The molecule has 1 aliphatic heterocycles. The van der Waals surface area contributed by atoms with Crippen LogP contribution in [0.5, 0.6) is 11.5 Å². The molecule has 1 fully saturated rings. The van der Waals surface area contributed by atoms with Crippen LogP contribution in [0.25, 0.3) is 6.08 Å². The lowest BCUT2D eigenvalue weighted by atomic mass is 10.1. The van der Waals surface area contributed by atoms with Gasteiger partial charge in [-0.15, -0.1) is 0 Å². The molecule has 0 saturated carbocycles. The fourth-order valence-corrected chi connectivity index (χ4v) is 2.32. The lowest BCUT2D eigenvalue weighted by Crippen LogP contribution is -2.31. The van der Waals surface area contributed by atoms with Crippen LogP contribution in [0, 0.1) is 10.1 Å². The molecule has 0 spiro atoms. The highest BCUT2D eigenvalue weighted by molar-refractivity contribution is 6.14. The molecule has 1 saturated heterocycles. The zero-order valence-corrected chi connectivity index (χ0v) is 13.5. The number of rotatable bonds is 6. The number of carbonyl (C=O) groups is 2. The standard InChI is InChI=1S/C15H17N3O6/c1-4-5-17-14(19)10(16-15(17)20)6-9-7-11(18(21)22)13(24-3)8-12(9)23-2/h6-8H,4-5H2,1-3H3,(H,16,20)/b10-6+. The van der Waals surface area contributed by atoms with E-state index in [1.165, 1.54) is 32.4 Å². The Balaban J connectivity index is 2.49. The van der Waals surface area contributed by atoms with Crippen molar-refractivity contribution in [1.82, 2.24) is 10.2 Å². The SMILES string of the molecule is CCCN1C(=O)N/C(=C/c2cc([N+](=O)[O-])c(OC)cc2OC)C1=O. The molecule has 9 heteroatoms. The number of imide groups is 1. The Morgan fingerprint density at radius 3 is 2.46 bits per heavy atom. The number of hydrogen-bond donors (Lipinski definition) is 1. The van der Waals surface area contributed by atoms with E-state index < -0.39 is 16.9 Å². The van der Waals surface area contributed by atoms with Crippen LogP contribution in [-0.4, -0.2) is 42.5 Å². The second-order valence-electron chi connectivity index (χ2n) is 4.97. The summed E-state index contributed by atoms with van der Waals surface area (Å²) in [6, 6.07) is 2.07. The van der Waals surface area contributed by atoms with Crippen molar-refractivity contribution < 1.29 is 24.0 Å². The molecule has 128 valence electrons. The van der Waals surface area contributed by atoms with Crippen molar-refractivity contribution in [3.05, 3.63) is 33.5 Å². The Morgan fingerprint density at radius 2 is 1.92 bits per heavy atom. The van der Waals surface area contributed by atoms with Crippen molar-refractivity contribution in [2.24, 2.45) is 0 Å². The van der Waals surface area contributed by atoms with E-state index >= 15 is 0 Å². The van der Waals surface area contributed by atoms with Crippen molar-refractivity contribution in [3.63, 3.8) is 0 Å². The van der Waals surface area contributed by atoms with Gasteiger partial charge in [-0.2, -0.15) is 0 Å². The summed E-state index contributed by atoms with van der Waals surface area (Å²) in [5.41, 5.74) is 0.0468. The minimum absolute atomic E-state index is 0.0335. The Hall–Kier alpha value is -3.10. The average Bonchev–Trinajstić information content (AvgIpc) is 2.82. The van der Waals surface area contributed by atoms with Crippen LogP contribution in [0.3, 0.4) is 0 Å². The summed E-state index contributed by atoms with van der Waals surface area (Å²) in [6.07, 6.45) is 1.98. The molecule has 0 radical (unpaired) electrons. The van der Waals surface area contributed by atoms with Gasteiger partial charge in [0.05, 0.1) is 19.1 Å². The van der Waals surface area contributed by atoms with Crippen LogP contribution in [-0.2, 0) is 4.79 Å². The molecule has 9 nitrogen and oxygen atoms in total. The normalized spacial score (nSPS) is 15.6. The number of ether oxygens (including phenoxy) is 2. The first-order valence-electron chi connectivity index (χ1n) is 7.17. The molecule has 0 bridgehead atoms. The molecule has 3 amide bonds. The number of benzene rings is 1. The number of nitro groups is 1. The van der Waals surface area contributed by atoms with Gasteiger partial charge in [-0.05, 0) is 12.5 Å². The highest BCUT2D eigenvalue weighted by Crippen LogP contribution is 2.35. The van der Waals surface area contributed by atoms with Crippen LogP contribution in [0.2, 0.25) is 0 Å². The third-order valence-corrected chi connectivity index (χ3v) is 3.44. The molecule has 1 aromatic carbocycles. The lowest BCUT2D eigenvalue weighted by molar-refractivity contribution is -0.385. The first kappa shape index (κ1) is 17.3. The minimum atomic E-state index is -0.598. The van der Waals surface area contributed by atoms with Gasteiger partial charge in [0.25, 0.3) is 5.91 Å². The van der Waals surface area contributed by atoms with Crippen LogP contribution >= 0.6 is 0 Å². The molecule has 0 atom stereocenters. The van der Waals surface area contributed by atoms with Crippen LogP contribution < -0.4 is 14.8 Å². The summed E-state index contributed by atoms with van der Waals surface area (Å²) in [5.74, 6) is -0.170. The number of hydrogen-bond acceptors (Lipinski definition) is 6. The molecule has 1 heterocycles. The van der Waals surface area contributed by atoms with Crippen molar-refractivity contribution in [2.75, 3.05) is 20.8 Å². The fourth-order valence-electron chi connectivity index (χ4n) is 2.32. The van der Waals surface area contributed by atoms with Crippen molar-refractivity contribution >= 4 is 23.7 Å². The number of nitrogens with one attached hydrogen (secondary N) is 1. The fraction of sp³-hybridized carbons (Fsp3) is 0.333. The largest absolute Gasteiger partial charge is 0.496 e. The van der Waals surface area contributed by atoms with Crippen molar-refractivity contribution in [1.29, 1.82) is 0 Å². The Morgan fingerprint density at radius 1 is 1.25 bits per heavy atom. The monoisotopic (exact) mass is 335 g/mol. The van der Waals surface area contributed by atoms with Crippen LogP contribution in [0.1, 0.15) is 18.9 Å². The lowest BCUT2D eigenvalue weighted by Gasteiger charge is -2.09.